The topological polar surface area (TPSA) is 50.4 Å². The van der Waals surface area contributed by atoms with Gasteiger partial charge in [0, 0.05) is 5.39 Å². The molecule has 3 aromatic carbocycles. The summed E-state index contributed by atoms with van der Waals surface area (Å²) in [4.78, 5) is 4.24. The van der Waals surface area contributed by atoms with Crippen molar-refractivity contribution >= 4 is 28.1 Å². The Morgan fingerprint density at radius 3 is 2.70 bits per heavy atom. The molecule has 0 unspecified atom stereocenters. The number of rotatable bonds is 2. The van der Waals surface area contributed by atoms with Gasteiger partial charge < -0.3 is 11.1 Å². The fraction of sp³-hybridized carbons (Fsp3) is 0.0556. The third kappa shape index (κ3) is 3.29. The maximum atomic E-state index is 13.8. The van der Waals surface area contributed by atoms with Gasteiger partial charge >= 0.3 is 0 Å². The van der Waals surface area contributed by atoms with Crippen molar-refractivity contribution in [3.8, 4) is 0 Å². The van der Waals surface area contributed by atoms with Crippen LogP contribution in [0.4, 0.5) is 20.2 Å². The van der Waals surface area contributed by atoms with Gasteiger partial charge in [0.25, 0.3) is 0 Å². The highest BCUT2D eigenvalue weighted by Gasteiger charge is 2.05. The van der Waals surface area contributed by atoms with Crippen LogP contribution in [0.5, 0.6) is 0 Å². The third-order valence-electron chi connectivity index (χ3n) is 3.45. The number of aryl methyl sites for hydroxylation is 1. The summed E-state index contributed by atoms with van der Waals surface area (Å²) >= 11 is 0. The second kappa shape index (κ2) is 6.04. The van der Waals surface area contributed by atoms with E-state index in [1.807, 2.05) is 13.0 Å². The first kappa shape index (κ1) is 15.0. The van der Waals surface area contributed by atoms with E-state index in [1.165, 1.54) is 18.2 Å². The molecule has 0 aliphatic heterocycles. The average Bonchev–Trinajstić information content (AvgIpc) is 2.51. The van der Waals surface area contributed by atoms with Gasteiger partial charge in [-0.2, -0.15) is 0 Å². The van der Waals surface area contributed by atoms with Crippen LogP contribution in [0.15, 0.2) is 59.6 Å². The first-order chi connectivity index (χ1) is 11.0. The minimum atomic E-state index is -0.419. The molecule has 0 aliphatic carbocycles. The Balaban J connectivity index is 1.98. The smallest absolute Gasteiger partial charge is 0.198 e. The Labute approximate surface area is 132 Å². The Hall–Kier alpha value is -2.95. The zero-order chi connectivity index (χ0) is 16.4. The van der Waals surface area contributed by atoms with Gasteiger partial charge in [-0.3, -0.25) is 0 Å². The molecular weight excluding hydrogens is 296 g/mol. The summed E-state index contributed by atoms with van der Waals surface area (Å²) < 4.78 is 27.2. The van der Waals surface area contributed by atoms with E-state index in [1.54, 1.807) is 30.3 Å². The number of benzene rings is 3. The maximum Gasteiger partial charge on any atom is 0.198 e. The van der Waals surface area contributed by atoms with Crippen molar-refractivity contribution in [3.05, 3.63) is 71.8 Å². The molecule has 3 N–H and O–H groups in total. The van der Waals surface area contributed by atoms with E-state index in [0.717, 1.165) is 10.9 Å². The molecule has 0 radical (unpaired) electrons. The number of aliphatic imine (C=N–C) groups is 1. The van der Waals surface area contributed by atoms with Gasteiger partial charge in [-0.05, 0) is 48.2 Å². The normalized spacial score (nSPS) is 11.7. The first-order valence-corrected chi connectivity index (χ1v) is 7.08. The molecule has 3 nitrogen and oxygen atoms in total. The molecule has 0 spiro atoms. The molecule has 3 aromatic rings. The van der Waals surface area contributed by atoms with Crippen LogP contribution in [0, 0.1) is 18.6 Å². The van der Waals surface area contributed by atoms with Gasteiger partial charge in [-0.1, -0.05) is 24.3 Å². The predicted octanol–water partition coefficient (Wildman–Crippen LogP) is 4.48. The monoisotopic (exact) mass is 311 g/mol. The predicted molar refractivity (Wildman–Crippen MR) is 89.9 cm³/mol. The minimum absolute atomic E-state index is 0.0336. The number of nitrogens with one attached hydrogen (secondary N) is 1. The van der Waals surface area contributed by atoms with E-state index >= 15 is 0 Å². The molecule has 116 valence electrons. The zero-order valence-corrected chi connectivity index (χ0v) is 12.5. The Morgan fingerprint density at radius 2 is 1.87 bits per heavy atom. The quantitative estimate of drug-likeness (QED) is 0.541. The molecule has 0 amide bonds. The Morgan fingerprint density at radius 1 is 1.04 bits per heavy atom. The number of anilines is 1. The summed E-state index contributed by atoms with van der Waals surface area (Å²) in [6.45, 7) is 1.85. The summed E-state index contributed by atoms with van der Waals surface area (Å²) in [7, 11) is 0. The molecule has 0 bridgehead atoms. The van der Waals surface area contributed by atoms with Gasteiger partial charge in [-0.25, -0.2) is 13.8 Å². The highest BCUT2D eigenvalue weighted by Crippen LogP contribution is 2.26. The second-order valence-corrected chi connectivity index (χ2v) is 5.25. The summed E-state index contributed by atoms with van der Waals surface area (Å²) in [5.41, 5.74) is 7.52. The molecule has 0 fully saturated rings. The lowest BCUT2D eigenvalue weighted by atomic mass is 10.1. The van der Waals surface area contributed by atoms with Crippen LogP contribution in [0.2, 0.25) is 0 Å². The highest BCUT2D eigenvalue weighted by molar-refractivity contribution is 5.99. The first-order valence-electron chi connectivity index (χ1n) is 7.08. The molecule has 0 saturated carbocycles. The van der Waals surface area contributed by atoms with E-state index in [-0.39, 0.29) is 17.5 Å². The van der Waals surface area contributed by atoms with Crippen molar-refractivity contribution in [3.63, 3.8) is 0 Å². The third-order valence-corrected chi connectivity index (χ3v) is 3.45. The van der Waals surface area contributed by atoms with E-state index in [0.29, 0.717) is 11.1 Å². The molecule has 0 aliphatic rings. The van der Waals surface area contributed by atoms with Crippen LogP contribution in [0.3, 0.4) is 0 Å². The molecule has 3 rings (SSSR count). The molecule has 0 saturated heterocycles. The SMILES string of the molecule is Cc1ccc(F)c(NC(N)=Nc2cccc3ccc(F)cc23)c1. The van der Waals surface area contributed by atoms with Crippen molar-refractivity contribution < 1.29 is 8.78 Å². The molecule has 5 heteroatoms. The van der Waals surface area contributed by atoms with Crippen LogP contribution < -0.4 is 11.1 Å². The number of fused-ring (bicyclic) bond motifs is 1. The fourth-order valence-corrected chi connectivity index (χ4v) is 2.36. The lowest BCUT2D eigenvalue weighted by molar-refractivity contribution is 0.629. The number of hydrogen-bond donors (Lipinski definition) is 2. The van der Waals surface area contributed by atoms with Gasteiger partial charge in [-0.15, -0.1) is 0 Å². The summed E-state index contributed by atoms with van der Waals surface area (Å²) in [5.74, 6) is -0.736. The lowest BCUT2D eigenvalue weighted by Gasteiger charge is -2.08. The minimum Gasteiger partial charge on any atom is -0.369 e. The van der Waals surface area contributed by atoms with Gasteiger partial charge in [0.2, 0.25) is 0 Å². The van der Waals surface area contributed by atoms with Crippen molar-refractivity contribution in [1.82, 2.24) is 0 Å². The van der Waals surface area contributed by atoms with Gasteiger partial charge in [0.1, 0.15) is 11.6 Å². The number of hydrogen-bond acceptors (Lipinski definition) is 1. The highest BCUT2D eigenvalue weighted by atomic mass is 19.1. The van der Waals surface area contributed by atoms with E-state index in [2.05, 4.69) is 10.3 Å². The standard InChI is InChI=1S/C18H15F2N3/c1-11-5-8-15(20)17(9-11)23-18(21)22-16-4-2-3-12-6-7-13(19)10-14(12)16/h2-10H,1H3,(H3,21,22,23). The second-order valence-electron chi connectivity index (χ2n) is 5.25. The van der Waals surface area contributed by atoms with Crippen molar-refractivity contribution in [2.45, 2.75) is 6.92 Å². The fourth-order valence-electron chi connectivity index (χ4n) is 2.36. The summed E-state index contributed by atoms with van der Waals surface area (Å²) in [5, 5.41) is 4.23. The van der Waals surface area contributed by atoms with Crippen LogP contribution in [0.1, 0.15) is 5.56 Å². The van der Waals surface area contributed by atoms with Crippen molar-refractivity contribution in [1.29, 1.82) is 0 Å². The van der Waals surface area contributed by atoms with Gasteiger partial charge in [0.15, 0.2) is 5.96 Å². The molecule has 0 atom stereocenters. The number of nitrogens with zero attached hydrogens (tertiary/aromatic N) is 1. The molecule has 0 aromatic heterocycles. The molecule has 23 heavy (non-hydrogen) atoms. The maximum absolute atomic E-state index is 13.8. The largest absolute Gasteiger partial charge is 0.369 e. The van der Waals surface area contributed by atoms with Crippen LogP contribution in [-0.2, 0) is 0 Å². The number of nitrogens with two attached hydrogens (primary N) is 1. The van der Waals surface area contributed by atoms with E-state index in [9.17, 15) is 8.78 Å². The van der Waals surface area contributed by atoms with Crippen molar-refractivity contribution in [2.24, 2.45) is 10.7 Å². The van der Waals surface area contributed by atoms with E-state index in [4.69, 9.17) is 5.73 Å². The Kier molecular flexibility index (Phi) is 3.93. The number of halogens is 2. The lowest BCUT2D eigenvalue weighted by Crippen LogP contribution is -2.22. The van der Waals surface area contributed by atoms with Crippen LogP contribution >= 0.6 is 0 Å². The Bertz CT molecular complexity index is 904. The number of guanidine groups is 1. The average molecular weight is 311 g/mol. The van der Waals surface area contributed by atoms with Crippen LogP contribution in [0.25, 0.3) is 10.8 Å². The van der Waals surface area contributed by atoms with Gasteiger partial charge in [0.05, 0.1) is 11.4 Å². The summed E-state index contributed by atoms with van der Waals surface area (Å²) in [6, 6.07) is 14.5. The zero-order valence-electron chi connectivity index (χ0n) is 12.5. The van der Waals surface area contributed by atoms with E-state index < -0.39 is 5.82 Å². The van der Waals surface area contributed by atoms with Crippen LogP contribution in [-0.4, -0.2) is 5.96 Å². The molecule has 0 heterocycles. The van der Waals surface area contributed by atoms with Crippen molar-refractivity contribution in [2.75, 3.05) is 5.32 Å². The summed E-state index contributed by atoms with van der Waals surface area (Å²) in [6.07, 6.45) is 0. The molecular formula is C18H15F2N3.